The average Bonchev–Trinajstić information content (AvgIpc) is 2.83. The van der Waals surface area contributed by atoms with E-state index in [2.05, 4.69) is 10.0 Å². The number of benzene rings is 3. The highest BCUT2D eigenvalue weighted by Crippen LogP contribution is 2.33. The Morgan fingerprint density at radius 2 is 1.42 bits per heavy atom. The normalized spacial score (nSPS) is 10.8. The van der Waals surface area contributed by atoms with Crippen molar-refractivity contribution in [3.05, 3.63) is 66.2 Å². The Bertz CT molecular complexity index is 1240. The van der Waals surface area contributed by atoms with Crippen LogP contribution in [0.25, 0.3) is 0 Å². The largest absolute Gasteiger partial charge is 0.497 e. The lowest BCUT2D eigenvalue weighted by Gasteiger charge is -2.15. The SMILES string of the molecule is COc1ccc(NS(=O)(=O)c2cc(NC(=O)c3cccc(OC)c3OC)ccc2OC)cc1. The highest BCUT2D eigenvalue weighted by molar-refractivity contribution is 7.92. The number of amides is 1. The second kappa shape index (κ2) is 10.1. The summed E-state index contributed by atoms with van der Waals surface area (Å²) in [7, 11) is 1.74. The molecular weight excluding hydrogens is 448 g/mol. The Balaban J connectivity index is 1.91. The summed E-state index contributed by atoms with van der Waals surface area (Å²) in [4.78, 5) is 12.7. The first kappa shape index (κ1) is 23.7. The van der Waals surface area contributed by atoms with E-state index < -0.39 is 15.9 Å². The van der Waals surface area contributed by atoms with Crippen molar-refractivity contribution in [3.63, 3.8) is 0 Å². The van der Waals surface area contributed by atoms with E-state index in [-0.39, 0.29) is 27.6 Å². The fourth-order valence-corrected chi connectivity index (χ4v) is 4.35. The molecule has 0 fully saturated rings. The highest BCUT2D eigenvalue weighted by atomic mass is 32.2. The topological polar surface area (TPSA) is 112 Å². The Morgan fingerprint density at radius 1 is 0.758 bits per heavy atom. The van der Waals surface area contributed by atoms with Gasteiger partial charge in [-0.3, -0.25) is 9.52 Å². The van der Waals surface area contributed by atoms with Crippen LogP contribution in [0, 0.1) is 0 Å². The van der Waals surface area contributed by atoms with Crippen LogP contribution < -0.4 is 29.0 Å². The molecule has 0 saturated carbocycles. The number of ether oxygens (including phenoxy) is 4. The number of carbonyl (C=O) groups excluding carboxylic acids is 1. The third kappa shape index (κ3) is 5.29. The van der Waals surface area contributed by atoms with Crippen molar-refractivity contribution in [1.29, 1.82) is 0 Å². The summed E-state index contributed by atoms with van der Waals surface area (Å²) in [6, 6.07) is 15.6. The van der Waals surface area contributed by atoms with E-state index in [1.807, 2.05) is 0 Å². The first-order valence-corrected chi connectivity index (χ1v) is 11.2. The van der Waals surface area contributed by atoms with E-state index in [1.165, 1.54) is 46.6 Å². The molecule has 0 bridgehead atoms. The van der Waals surface area contributed by atoms with Crippen LogP contribution >= 0.6 is 0 Å². The maximum Gasteiger partial charge on any atom is 0.265 e. The fraction of sp³-hybridized carbons (Fsp3) is 0.174. The molecule has 33 heavy (non-hydrogen) atoms. The average molecular weight is 473 g/mol. The molecule has 2 N–H and O–H groups in total. The summed E-state index contributed by atoms with van der Waals surface area (Å²) in [5.74, 6) is 0.871. The van der Waals surface area contributed by atoms with Crippen LogP contribution in [0.3, 0.4) is 0 Å². The number of anilines is 2. The molecule has 0 aliphatic rings. The molecule has 0 spiro atoms. The lowest BCUT2D eigenvalue weighted by atomic mass is 10.1. The summed E-state index contributed by atoms with van der Waals surface area (Å²) in [6.45, 7) is 0. The molecule has 0 radical (unpaired) electrons. The number of hydrogen-bond acceptors (Lipinski definition) is 7. The minimum Gasteiger partial charge on any atom is -0.497 e. The zero-order valence-electron chi connectivity index (χ0n) is 18.5. The maximum atomic E-state index is 13.1. The number of hydrogen-bond donors (Lipinski definition) is 2. The zero-order valence-corrected chi connectivity index (χ0v) is 19.4. The van der Waals surface area contributed by atoms with Gasteiger partial charge in [0.1, 0.15) is 16.4 Å². The van der Waals surface area contributed by atoms with Gasteiger partial charge in [-0.05, 0) is 54.6 Å². The highest BCUT2D eigenvalue weighted by Gasteiger charge is 2.22. The van der Waals surface area contributed by atoms with Crippen LogP contribution in [0.4, 0.5) is 11.4 Å². The smallest absolute Gasteiger partial charge is 0.265 e. The third-order valence-corrected chi connectivity index (χ3v) is 6.10. The number of sulfonamides is 1. The summed E-state index contributed by atoms with van der Waals surface area (Å²) in [6.07, 6.45) is 0. The van der Waals surface area contributed by atoms with Gasteiger partial charge in [-0.15, -0.1) is 0 Å². The Hall–Kier alpha value is -3.92. The summed E-state index contributed by atoms with van der Waals surface area (Å²) in [5.41, 5.74) is 0.822. The number of rotatable bonds is 9. The van der Waals surface area contributed by atoms with Gasteiger partial charge in [0.25, 0.3) is 15.9 Å². The molecule has 3 aromatic carbocycles. The lowest BCUT2D eigenvalue weighted by molar-refractivity contribution is 0.102. The molecule has 174 valence electrons. The summed E-state index contributed by atoms with van der Waals surface area (Å²) >= 11 is 0. The van der Waals surface area contributed by atoms with Crippen LogP contribution in [0.2, 0.25) is 0 Å². The summed E-state index contributed by atoms with van der Waals surface area (Å²) in [5, 5.41) is 2.69. The number of carbonyl (C=O) groups is 1. The van der Waals surface area contributed by atoms with E-state index in [4.69, 9.17) is 18.9 Å². The molecule has 0 aromatic heterocycles. The predicted molar refractivity (Wildman–Crippen MR) is 124 cm³/mol. The molecular formula is C23H24N2O7S. The first-order valence-electron chi connectivity index (χ1n) is 9.70. The summed E-state index contributed by atoms with van der Waals surface area (Å²) < 4.78 is 49.4. The van der Waals surface area contributed by atoms with Gasteiger partial charge in [0.2, 0.25) is 0 Å². The molecule has 0 aliphatic carbocycles. The number of nitrogens with one attached hydrogen (secondary N) is 2. The molecule has 3 rings (SSSR count). The molecule has 0 atom stereocenters. The van der Waals surface area contributed by atoms with Gasteiger partial charge in [0.15, 0.2) is 11.5 Å². The van der Waals surface area contributed by atoms with Crippen molar-refractivity contribution in [2.24, 2.45) is 0 Å². The van der Waals surface area contributed by atoms with Gasteiger partial charge < -0.3 is 24.3 Å². The number of methoxy groups -OCH3 is 4. The number of para-hydroxylation sites is 1. The van der Waals surface area contributed by atoms with E-state index in [0.717, 1.165) is 0 Å². The minimum atomic E-state index is -4.03. The van der Waals surface area contributed by atoms with E-state index in [9.17, 15) is 13.2 Å². The third-order valence-electron chi connectivity index (χ3n) is 4.70. The minimum absolute atomic E-state index is 0.118. The van der Waals surface area contributed by atoms with Gasteiger partial charge in [0, 0.05) is 11.4 Å². The Kier molecular flexibility index (Phi) is 7.29. The van der Waals surface area contributed by atoms with Gasteiger partial charge >= 0.3 is 0 Å². The fourth-order valence-electron chi connectivity index (χ4n) is 3.10. The molecule has 0 saturated heterocycles. The van der Waals surface area contributed by atoms with Crippen molar-refractivity contribution in [1.82, 2.24) is 0 Å². The van der Waals surface area contributed by atoms with Crippen molar-refractivity contribution < 1.29 is 32.2 Å². The molecule has 0 aliphatic heterocycles. The standard InChI is InChI=1S/C23H24N2O7S/c1-29-17-11-8-15(9-12-17)25-33(27,28)21-14-16(10-13-19(21)30-2)24-23(26)18-6-5-7-20(31-3)22(18)32-4/h5-14,25H,1-4H3,(H,24,26). The van der Waals surface area contributed by atoms with Crippen LogP contribution in [0.15, 0.2) is 65.6 Å². The van der Waals surface area contributed by atoms with Crippen molar-refractivity contribution in [3.8, 4) is 23.0 Å². The van der Waals surface area contributed by atoms with Crippen molar-refractivity contribution >= 4 is 27.3 Å². The maximum absolute atomic E-state index is 13.1. The van der Waals surface area contributed by atoms with E-state index in [0.29, 0.717) is 17.2 Å². The van der Waals surface area contributed by atoms with E-state index >= 15 is 0 Å². The molecule has 1 amide bonds. The van der Waals surface area contributed by atoms with Crippen LogP contribution in [0.1, 0.15) is 10.4 Å². The van der Waals surface area contributed by atoms with Gasteiger partial charge in [-0.2, -0.15) is 0 Å². The van der Waals surface area contributed by atoms with Crippen molar-refractivity contribution in [2.45, 2.75) is 4.90 Å². The monoisotopic (exact) mass is 472 g/mol. The Morgan fingerprint density at radius 3 is 2.03 bits per heavy atom. The molecule has 0 heterocycles. The molecule has 10 heteroatoms. The molecule has 0 unspecified atom stereocenters. The molecule has 3 aromatic rings. The lowest BCUT2D eigenvalue weighted by Crippen LogP contribution is -2.16. The molecule has 9 nitrogen and oxygen atoms in total. The predicted octanol–water partition coefficient (Wildman–Crippen LogP) is 3.77. The Labute approximate surface area is 192 Å². The van der Waals surface area contributed by atoms with Crippen LogP contribution in [-0.2, 0) is 10.0 Å². The van der Waals surface area contributed by atoms with Crippen LogP contribution in [0.5, 0.6) is 23.0 Å². The van der Waals surface area contributed by atoms with Gasteiger partial charge in [-0.1, -0.05) is 6.07 Å². The van der Waals surface area contributed by atoms with E-state index in [1.54, 1.807) is 42.5 Å². The van der Waals surface area contributed by atoms with Crippen molar-refractivity contribution in [2.75, 3.05) is 38.5 Å². The first-order chi connectivity index (χ1) is 15.8. The second-order valence-electron chi connectivity index (χ2n) is 6.69. The zero-order chi connectivity index (χ0) is 24.0. The van der Waals surface area contributed by atoms with Crippen LogP contribution in [-0.4, -0.2) is 42.8 Å². The quantitative estimate of drug-likeness (QED) is 0.487. The van der Waals surface area contributed by atoms with Gasteiger partial charge in [0.05, 0.1) is 34.0 Å². The van der Waals surface area contributed by atoms with Gasteiger partial charge in [-0.25, -0.2) is 8.42 Å². The second-order valence-corrected chi connectivity index (χ2v) is 8.35.